The lowest BCUT2D eigenvalue weighted by Gasteiger charge is -2.34. The molecule has 1 fully saturated rings. The van der Waals surface area contributed by atoms with Gasteiger partial charge in [0, 0.05) is 55.1 Å². The van der Waals surface area contributed by atoms with Crippen LogP contribution in [-0.4, -0.2) is 81.5 Å². The number of rotatable bonds is 8. The summed E-state index contributed by atoms with van der Waals surface area (Å²) in [6, 6.07) is 21.1. The predicted molar refractivity (Wildman–Crippen MR) is 158 cm³/mol. The SMILES string of the molecule is CN(C)Cc1cc(-c2c(-c3ccc(Cl)cc3)ncn2CC(=O)N2CCN(C(=O)OCc3ccccc3)CC2)ccn1. The minimum Gasteiger partial charge on any atom is -0.445 e. The number of pyridine rings is 1. The van der Waals surface area contributed by atoms with E-state index in [2.05, 4.69) is 9.88 Å². The lowest BCUT2D eigenvalue weighted by Crippen LogP contribution is -2.51. The van der Waals surface area contributed by atoms with Crippen molar-refractivity contribution in [2.45, 2.75) is 19.7 Å². The van der Waals surface area contributed by atoms with Crippen LogP contribution in [0.5, 0.6) is 0 Å². The van der Waals surface area contributed by atoms with Crippen LogP contribution in [0.4, 0.5) is 4.79 Å². The molecule has 1 saturated heterocycles. The van der Waals surface area contributed by atoms with Gasteiger partial charge < -0.3 is 24.0 Å². The van der Waals surface area contributed by atoms with Gasteiger partial charge in [-0.05, 0) is 43.9 Å². The molecule has 10 heteroatoms. The molecule has 2 aromatic heterocycles. The van der Waals surface area contributed by atoms with Gasteiger partial charge in [-0.1, -0.05) is 54.1 Å². The Morgan fingerprint density at radius 3 is 2.32 bits per heavy atom. The Kier molecular flexibility index (Phi) is 8.96. The second-order valence-electron chi connectivity index (χ2n) is 10.3. The van der Waals surface area contributed by atoms with Gasteiger partial charge in [-0.25, -0.2) is 9.78 Å². The number of carbonyl (C=O) groups is 2. The van der Waals surface area contributed by atoms with E-state index in [4.69, 9.17) is 21.3 Å². The van der Waals surface area contributed by atoms with E-state index in [0.29, 0.717) is 37.7 Å². The first kappa shape index (κ1) is 28.3. The van der Waals surface area contributed by atoms with Crippen LogP contribution in [0.1, 0.15) is 11.3 Å². The molecule has 2 aromatic carbocycles. The molecule has 0 radical (unpaired) electrons. The number of nitrogens with zero attached hydrogens (tertiary/aromatic N) is 6. The molecule has 0 atom stereocenters. The molecule has 3 heterocycles. The van der Waals surface area contributed by atoms with E-state index in [-0.39, 0.29) is 25.2 Å². The Bertz CT molecular complexity index is 1480. The molecule has 9 nitrogen and oxygen atoms in total. The van der Waals surface area contributed by atoms with Crippen LogP contribution < -0.4 is 0 Å². The Hall–Kier alpha value is -4.21. The highest BCUT2D eigenvalue weighted by Gasteiger charge is 2.26. The van der Waals surface area contributed by atoms with Crippen molar-refractivity contribution in [1.29, 1.82) is 0 Å². The minimum absolute atomic E-state index is 0.0359. The van der Waals surface area contributed by atoms with E-state index in [9.17, 15) is 9.59 Å². The summed E-state index contributed by atoms with van der Waals surface area (Å²) in [5.74, 6) is -0.0359. The minimum atomic E-state index is -0.364. The van der Waals surface area contributed by atoms with E-state index in [0.717, 1.165) is 33.8 Å². The first-order chi connectivity index (χ1) is 19.9. The van der Waals surface area contributed by atoms with E-state index >= 15 is 0 Å². The molecule has 0 unspecified atom stereocenters. The average Bonchev–Trinajstić information content (AvgIpc) is 3.40. The maximum Gasteiger partial charge on any atom is 0.410 e. The Labute approximate surface area is 244 Å². The smallest absolute Gasteiger partial charge is 0.410 e. The van der Waals surface area contributed by atoms with Crippen molar-refractivity contribution in [2.75, 3.05) is 40.3 Å². The van der Waals surface area contributed by atoms with Crippen LogP contribution in [-0.2, 0) is 29.2 Å². The third kappa shape index (κ3) is 7.11. The van der Waals surface area contributed by atoms with Crippen molar-refractivity contribution < 1.29 is 14.3 Å². The molecule has 212 valence electrons. The predicted octanol–water partition coefficient (Wildman–Crippen LogP) is 4.81. The molecule has 0 spiro atoms. The van der Waals surface area contributed by atoms with Gasteiger partial charge in [0.05, 0.1) is 23.4 Å². The van der Waals surface area contributed by atoms with E-state index in [1.165, 1.54) is 0 Å². The van der Waals surface area contributed by atoms with Gasteiger partial charge in [0.15, 0.2) is 0 Å². The van der Waals surface area contributed by atoms with Crippen LogP contribution in [0.15, 0.2) is 79.3 Å². The Balaban J connectivity index is 1.29. The molecule has 0 bridgehead atoms. The van der Waals surface area contributed by atoms with Crippen molar-refractivity contribution in [3.8, 4) is 22.5 Å². The summed E-state index contributed by atoms with van der Waals surface area (Å²) < 4.78 is 7.35. The average molecular weight is 573 g/mol. The van der Waals surface area contributed by atoms with Crippen molar-refractivity contribution in [3.63, 3.8) is 0 Å². The van der Waals surface area contributed by atoms with Crippen molar-refractivity contribution in [2.24, 2.45) is 0 Å². The number of aromatic nitrogens is 3. The highest BCUT2D eigenvalue weighted by Crippen LogP contribution is 2.32. The molecule has 0 aliphatic carbocycles. The van der Waals surface area contributed by atoms with Crippen LogP contribution in [0.25, 0.3) is 22.5 Å². The van der Waals surface area contributed by atoms with Crippen LogP contribution in [0.2, 0.25) is 5.02 Å². The number of benzene rings is 2. The standard InChI is InChI=1S/C31H33ClN6O3/c1-35(2)19-27-18-25(12-13-33-27)30-29(24-8-10-26(32)11-9-24)34-22-38(30)20-28(39)36-14-16-37(17-15-36)31(40)41-21-23-6-4-3-5-7-23/h3-13,18,22H,14-17,19-21H2,1-2H3. The summed E-state index contributed by atoms with van der Waals surface area (Å²) in [5, 5.41) is 0.644. The highest BCUT2D eigenvalue weighted by molar-refractivity contribution is 6.30. The fourth-order valence-electron chi connectivity index (χ4n) is 4.85. The molecule has 5 rings (SSSR count). The van der Waals surface area contributed by atoms with Gasteiger partial charge in [-0.15, -0.1) is 0 Å². The van der Waals surface area contributed by atoms with E-state index in [1.807, 2.05) is 85.4 Å². The number of piperazine rings is 1. The van der Waals surface area contributed by atoms with Crippen molar-refractivity contribution in [3.05, 3.63) is 95.5 Å². The van der Waals surface area contributed by atoms with Gasteiger partial charge in [-0.3, -0.25) is 9.78 Å². The normalized spacial score (nSPS) is 13.5. The second kappa shape index (κ2) is 13.0. The summed E-state index contributed by atoms with van der Waals surface area (Å²) in [5.41, 5.74) is 5.30. The first-order valence-electron chi connectivity index (χ1n) is 13.5. The summed E-state index contributed by atoms with van der Waals surface area (Å²) >= 11 is 6.14. The van der Waals surface area contributed by atoms with Crippen LogP contribution >= 0.6 is 11.6 Å². The molecule has 4 aromatic rings. The number of carbonyl (C=O) groups excluding carboxylic acids is 2. The van der Waals surface area contributed by atoms with Crippen LogP contribution in [0.3, 0.4) is 0 Å². The third-order valence-electron chi connectivity index (χ3n) is 6.92. The van der Waals surface area contributed by atoms with Gasteiger partial charge >= 0.3 is 6.09 Å². The first-order valence-corrected chi connectivity index (χ1v) is 13.9. The zero-order chi connectivity index (χ0) is 28.8. The number of amides is 2. The lowest BCUT2D eigenvalue weighted by molar-refractivity contribution is -0.133. The summed E-state index contributed by atoms with van der Waals surface area (Å²) in [6.45, 7) is 2.76. The zero-order valence-corrected chi connectivity index (χ0v) is 24.0. The Morgan fingerprint density at radius 2 is 1.61 bits per heavy atom. The van der Waals surface area contributed by atoms with Crippen LogP contribution in [0, 0.1) is 0 Å². The summed E-state index contributed by atoms with van der Waals surface area (Å²) in [7, 11) is 4.00. The molecule has 41 heavy (non-hydrogen) atoms. The lowest BCUT2D eigenvalue weighted by atomic mass is 10.0. The highest BCUT2D eigenvalue weighted by atomic mass is 35.5. The van der Waals surface area contributed by atoms with Crippen molar-refractivity contribution >= 4 is 23.6 Å². The maximum absolute atomic E-state index is 13.4. The van der Waals surface area contributed by atoms with Gasteiger partial charge in [0.25, 0.3) is 0 Å². The largest absolute Gasteiger partial charge is 0.445 e. The van der Waals surface area contributed by atoms with Gasteiger partial charge in [-0.2, -0.15) is 0 Å². The fourth-order valence-corrected chi connectivity index (χ4v) is 4.98. The van der Waals surface area contributed by atoms with Gasteiger partial charge in [0.1, 0.15) is 13.2 Å². The molecule has 0 saturated carbocycles. The molecule has 1 aliphatic rings. The number of ether oxygens (including phenoxy) is 1. The topological polar surface area (TPSA) is 83.8 Å². The number of imidazole rings is 1. The summed E-state index contributed by atoms with van der Waals surface area (Å²) in [6.07, 6.45) is 3.13. The number of hydrogen-bond acceptors (Lipinski definition) is 6. The van der Waals surface area contributed by atoms with E-state index in [1.54, 1.807) is 22.3 Å². The number of hydrogen-bond donors (Lipinski definition) is 0. The summed E-state index contributed by atoms with van der Waals surface area (Å²) in [4.78, 5) is 40.7. The third-order valence-corrected chi connectivity index (χ3v) is 7.18. The zero-order valence-electron chi connectivity index (χ0n) is 23.2. The molecule has 0 N–H and O–H groups in total. The number of halogens is 1. The molecular weight excluding hydrogens is 540 g/mol. The molecule has 1 aliphatic heterocycles. The van der Waals surface area contributed by atoms with E-state index < -0.39 is 0 Å². The van der Waals surface area contributed by atoms with Crippen molar-refractivity contribution in [1.82, 2.24) is 29.2 Å². The quantitative estimate of drug-likeness (QED) is 0.301. The van der Waals surface area contributed by atoms with Gasteiger partial charge in [0.2, 0.25) is 5.91 Å². The second-order valence-corrected chi connectivity index (χ2v) is 10.7. The fraction of sp³-hybridized carbons (Fsp3) is 0.290. The Morgan fingerprint density at radius 1 is 0.902 bits per heavy atom. The monoisotopic (exact) mass is 572 g/mol. The maximum atomic E-state index is 13.4. The molecule has 2 amide bonds. The molecular formula is C31H33ClN6O3.